The highest BCUT2D eigenvalue weighted by atomic mass is 16.3. The lowest BCUT2D eigenvalue weighted by Crippen LogP contribution is -2.47. The van der Waals surface area contributed by atoms with E-state index in [2.05, 4.69) is 0 Å². The number of hydrogen-bond acceptors (Lipinski definition) is 4. The van der Waals surface area contributed by atoms with Crippen LogP contribution in [0, 0.1) is 11.3 Å². The van der Waals surface area contributed by atoms with Gasteiger partial charge in [-0.3, -0.25) is 9.59 Å². The number of nitriles is 1. The standard InChI is InChI=1S/C18H22N2O3/c1-2-15-11-16(21)9-10-20(15)18(23)8-7-17(22)14-5-3-13(12-19)4-6-14/h3-6,15-16,21H,2,7-11H2,1H3. The Morgan fingerprint density at radius 3 is 2.61 bits per heavy atom. The first-order valence-corrected chi connectivity index (χ1v) is 8.06. The largest absolute Gasteiger partial charge is 0.393 e. The maximum atomic E-state index is 12.4. The summed E-state index contributed by atoms with van der Waals surface area (Å²) >= 11 is 0. The van der Waals surface area contributed by atoms with Crippen LogP contribution in [0.15, 0.2) is 24.3 Å². The zero-order valence-corrected chi connectivity index (χ0v) is 13.4. The number of carbonyl (C=O) groups excluding carboxylic acids is 2. The van der Waals surface area contributed by atoms with Crippen molar-refractivity contribution in [1.29, 1.82) is 5.26 Å². The van der Waals surface area contributed by atoms with E-state index < -0.39 is 0 Å². The molecule has 5 heteroatoms. The molecular weight excluding hydrogens is 292 g/mol. The summed E-state index contributed by atoms with van der Waals surface area (Å²) in [7, 11) is 0. The molecule has 122 valence electrons. The van der Waals surface area contributed by atoms with Crippen LogP contribution in [0.4, 0.5) is 0 Å². The van der Waals surface area contributed by atoms with Crippen LogP contribution in [0.25, 0.3) is 0 Å². The van der Waals surface area contributed by atoms with Gasteiger partial charge in [0.15, 0.2) is 5.78 Å². The summed E-state index contributed by atoms with van der Waals surface area (Å²) in [4.78, 5) is 26.3. The number of hydrogen-bond donors (Lipinski definition) is 1. The molecule has 1 aromatic carbocycles. The van der Waals surface area contributed by atoms with Crippen molar-refractivity contribution in [3.05, 3.63) is 35.4 Å². The number of amides is 1. The fraction of sp³-hybridized carbons (Fsp3) is 0.500. The first kappa shape index (κ1) is 17.2. The first-order valence-electron chi connectivity index (χ1n) is 8.06. The minimum absolute atomic E-state index is 0.0225. The van der Waals surface area contributed by atoms with Crippen molar-refractivity contribution in [2.45, 2.75) is 51.2 Å². The highest BCUT2D eigenvalue weighted by molar-refractivity contribution is 5.98. The molecule has 1 aliphatic rings. The Morgan fingerprint density at radius 1 is 1.30 bits per heavy atom. The quantitative estimate of drug-likeness (QED) is 0.845. The molecule has 1 aromatic rings. The third-order valence-corrected chi connectivity index (χ3v) is 4.38. The molecule has 0 bridgehead atoms. The van der Waals surface area contributed by atoms with Crippen LogP contribution in [0.2, 0.25) is 0 Å². The second-order valence-corrected chi connectivity index (χ2v) is 5.94. The van der Waals surface area contributed by atoms with Crippen molar-refractivity contribution in [3.8, 4) is 6.07 Å². The number of piperidine rings is 1. The molecule has 1 aliphatic heterocycles. The van der Waals surface area contributed by atoms with Gasteiger partial charge >= 0.3 is 0 Å². The second kappa shape index (κ2) is 7.89. The Hall–Kier alpha value is -2.19. The lowest BCUT2D eigenvalue weighted by atomic mass is 9.96. The maximum Gasteiger partial charge on any atom is 0.223 e. The van der Waals surface area contributed by atoms with Gasteiger partial charge in [0.1, 0.15) is 0 Å². The number of nitrogens with zero attached hydrogens (tertiary/aromatic N) is 2. The summed E-state index contributed by atoms with van der Waals surface area (Å²) < 4.78 is 0. The summed E-state index contributed by atoms with van der Waals surface area (Å²) in [6.45, 7) is 2.56. The number of likely N-dealkylation sites (tertiary alicyclic amines) is 1. The Balaban J connectivity index is 1.90. The first-order chi connectivity index (χ1) is 11.0. The van der Waals surface area contributed by atoms with Crippen molar-refractivity contribution in [2.75, 3.05) is 6.54 Å². The van der Waals surface area contributed by atoms with E-state index in [9.17, 15) is 14.7 Å². The van der Waals surface area contributed by atoms with Gasteiger partial charge < -0.3 is 10.0 Å². The topological polar surface area (TPSA) is 81.4 Å². The zero-order chi connectivity index (χ0) is 16.8. The van der Waals surface area contributed by atoms with E-state index in [1.165, 1.54) is 0 Å². The molecule has 1 N–H and O–H groups in total. The molecule has 0 aromatic heterocycles. The SMILES string of the molecule is CCC1CC(O)CCN1C(=O)CCC(=O)c1ccc(C#N)cc1. The molecule has 2 atom stereocenters. The van der Waals surface area contributed by atoms with Crippen molar-refractivity contribution in [2.24, 2.45) is 0 Å². The van der Waals surface area contributed by atoms with E-state index in [-0.39, 0.29) is 36.7 Å². The normalized spacial score (nSPS) is 20.8. The molecule has 0 spiro atoms. The van der Waals surface area contributed by atoms with E-state index >= 15 is 0 Å². The monoisotopic (exact) mass is 314 g/mol. The summed E-state index contributed by atoms with van der Waals surface area (Å²) in [6.07, 6.45) is 2.06. The van der Waals surface area contributed by atoms with Crippen LogP contribution < -0.4 is 0 Å². The number of benzene rings is 1. The molecule has 0 saturated carbocycles. The summed E-state index contributed by atoms with van der Waals surface area (Å²) in [6, 6.07) is 8.53. The van der Waals surface area contributed by atoms with E-state index in [0.717, 1.165) is 6.42 Å². The van der Waals surface area contributed by atoms with Gasteiger partial charge in [-0.05, 0) is 31.4 Å². The molecule has 5 nitrogen and oxygen atoms in total. The van der Waals surface area contributed by atoms with Crippen LogP contribution in [-0.2, 0) is 4.79 Å². The zero-order valence-electron chi connectivity index (χ0n) is 13.4. The number of Topliss-reactive ketones (excluding diaryl/α,β-unsaturated/α-hetero) is 1. The van der Waals surface area contributed by atoms with Gasteiger partial charge in [0.05, 0.1) is 17.7 Å². The van der Waals surface area contributed by atoms with Crippen LogP contribution >= 0.6 is 0 Å². The lowest BCUT2D eigenvalue weighted by Gasteiger charge is -2.37. The van der Waals surface area contributed by atoms with Gasteiger partial charge in [0, 0.05) is 31.0 Å². The highest BCUT2D eigenvalue weighted by Crippen LogP contribution is 2.21. The maximum absolute atomic E-state index is 12.4. The van der Waals surface area contributed by atoms with Crippen LogP contribution in [-0.4, -0.2) is 40.4 Å². The average Bonchev–Trinajstić information content (AvgIpc) is 2.59. The Labute approximate surface area is 136 Å². The predicted octanol–water partition coefficient (Wildman–Crippen LogP) is 2.28. The minimum Gasteiger partial charge on any atom is -0.393 e. The predicted molar refractivity (Wildman–Crippen MR) is 85.8 cm³/mol. The third-order valence-electron chi connectivity index (χ3n) is 4.38. The molecule has 0 radical (unpaired) electrons. The van der Waals surface area contributed by atoms with Gasteiger partial charge in [0.2, 0.25) is 5.91 Å². The average molecular weight is 314 g/mol. The Kier molecular flexibility index (Phi) is 5.89. The Morgan fingerprint density at radius 2 is 2.00 bits per heavy atom. The van der Waals surface area contributed by atoms with Crippen LogP contribution in [0.3, 0.4) is 0 Å². The number of rotatable bonds is 5. The summed E-state index contributed by atoms with van der Waals surface area (Å²) in [5, 5.41) is 18.5. The van der Waals surface area contributed by atoms with Crippen molar-refractivity contribution in [3.63, 3.8) is 0 Å². The molecule has 1 heterocycles. The summed E-state index contributed by atoms with van der Waals surface area (Å²) in [5.74, 6) is -0.112. The number of ketones is 1. The number of aliphatic hydroxyl groups is 1. The molecule has 0 aliphatic carbocycles. The summed E-state index contributed by atoms with van der Waals surface area (Å²) in [5.41, 5.74) is 1.04. The molecule has 2 rings (SSSR count). The van der Waals surface area contributed by atoms with Crippen molar-refractivity contribution < 1.29 is 14.7 Å². The van der Waals surface area contributed by atoms with Crippen molar-refractivity contribution >= 4 is 11.7 Å². The molecule has 1 saturated heterocycles. The van der Waals surface area contributed by atoms with Gasteiger partial charge in [0.25, 0.3) is 0 Å². The molecule has 2 unspecified atom stereocenters. The fourth-order valence-corrected chi connectivity index (χ4v) is 2.98. The molecule has 1 amide bonds. The molecule has 1 fully saturated rings. The second-order valence-electron chi connectivity index (χ2n) is 5.94. The van der Waals surface area contributed by atoms with Gasteiger partial charge in [-0.2, -0.15) is 5.26 Å². The van der Waals surface area contributed by atoms with E-state index in [0.29, 0.717) is 30.5 Å². The minimum atomic E-state index is -0.329. The molecular formula is C18H22N2O3. The molecule has 23 heavy (non-hydrogen) atoms. The smallest absolute Gasteiger partial charge is 0.223 e. The Bertz CT molecular complexity index is 604. The highest BCUT2D eigenvalue weighted by Gasteiger charge is 2.29. The third kappa shape index (κ3) is 4.40. The number of carbonyl (C=O) groups is 2. The van der Waals surface area contributed by atoms with Crippen molar-refractivity contribution in [1.82, 2.24) is 4.90 Å². The van der Waals surface area contributed by atoms with Gasteiger partial charge in [-0.1, -0.05) is 19.1 Å². The van der Waals surface area contributed by atoms with E-state index in [1.807, 2.05) is 13.0 Å². The fourth-order valence-electron chi connectivity index (χ4n) is 2.98. The number of aliphatic hydroxyl groups excluding tert-OH is 1. The van der Waals surface area contributed by atoms with Gasteiger partial charge in [-0.15, -0.1) is 0 Å². The van der Waals surface area contributed by atoms with E-state index in [4.69, 9.17) is 5.26 Å². The lowest BCUT2D eigenvalue weighted by molar-refractivity contribution is -0.136. The van der Waals surface area contributed by atoms with Crippen LogP contribution in [0.5, 0.6) is 0 Å². The van der Waals surface area contributed by atoms with E-state index in [1.54, 1.807) is 29.2 Å². The van der Waals surface area contributed by atoms with Gasteiger partial charge in [-0.25, -0.2) is 0 Å². The van der Waals surface area contributed by atoms with Crippen LogP contribution in [0.1, 0.15) is 54.9 Å².